The van der Waals surface area contributed by atoms with Crippen molar-refractivity contribution in [1.82, 2.24) is 4.98 Å². The number of fused-ring (bicyclic) bond motifs is 1. The highest BCUT2D eigenvalue weighted by atomic mass is 32.1. The molecule has 3 aromatic rings. The molecule has 1 saturated heterocycles. The maximum atomic E-state index is 12.5. The van der Waals surface area contributed by atoms with Crippen LogP contribution in [0.5, 0.6) is 0 Å². The number of rotatable bonds is 3. The van der Waals surface area contributed by atoms with E-state index in [0.717, 1.165) is 35.0 Å². The lowest BCUT2D eigenvalue weighted by Crippen LogP contribution is -2.52. The molecular weight excluding hydrogens is 318 g/mol. The third-order valence-electron chi connectivity index (χ3n) is 4.67. The minimum Gasteiger partial charge on any atom is -0.346 e. The number of benzene rings is 2. The average molecular weight is 337 g/mol. The van der Waals surface area contributed by atoms with E-state index >= 15 is 0 Å². The summed E-state index contributed by atoms with van der Waals surface area (Å²) in [6.07, 6.45) is 0. The molecule has 122 valence electrons. The lowest BCUT2D eigenvalue weighted by molar-refractivity contribution is -0.120. The topological polar surface area (TPSA) is 45.2 Å². The zero-order valence-corrected chi connectivity index (χ0v) is 14.6. The summed E-state index contributed by atoms with van der Waals surface area (Å²) in [5, 5.41) is 4.08. The fraction of sp³-hybridized carbons (Fsp3) is 0.263. The predicted molar refractivity (Wildman–Crippen MR) is 99.9 cm³/mol. The predicted octanol–water partition coefficient (Wildman–Crippen LogP) is 3.99. The van der Waals surface area contributed by atoms with Crippen LogP contribution in [0.4, 0.5) is 10.8 Å². The molecule has 0 bridgehead atoms. The summed E-state index contributed by atoms with van der Waals surface area (Å²) in [7, 11) is 0. The van der Waals surface area contributed by atoms with Crippen LogP contribution in [-0.2, 0) is 4.79 Å². The molecule has 1 N–H and O–H groups in total. The molecule has 1 aromatic heterocycles. The van der Waals surface area contributed by atoms with Gasteiger partial charge in [-0.15, -0.1) is 0 Å². The number of aromatic nitrogens is 1. The third-order valence-corrected chi connectivity index (χ3v) is 5.77. The first kappa shape index (κ1) is 15.1. The quantitative estimate of drug-likeness (QED) is 0.786. The summed E-state index contributed by atoms with van der Waals surface area (Å²) in [5.74, 6) is 0.123. The summed E-state index contributed by atoms with van der Waals surface area (Å²) in [6.45, 7) is 5.56. The highest BCUT2D eigenvalue weighted by Crippen LogP contribution is 2.33. The van der Waals surface area contributed by atoms with Crippen molar-refractivity contribution in [2.75, 3.05) is 23.3 Å². The molecule has 0 atom stereocenters. The van der Waals surface area contributed by atoms with Crippen LogP contribution in [-0.4, -0.2) is 24.0 Å². The number of para-hydroxylation sites is 1. The molecule has 0 saturated carbocycles. The molecule has 0 spiro atoms. The van der Waals surface area contributed by atoms with Gasteiger partial charge in [-0.3, -0.25) is 4.79 Å². The maximum absolute atomic E-state index is 12.5. The van der Waals surface area contributed by atoms with E-state index in [2.05, 4.69) is 34.3 Å². The van der Waals surface area contributed by atoms with Gasteiger partial charge in [0.2, 0.25) is 5.91 Å². The zero-order valence-electron chi connectivity index (χ0n) is 13.7. The molecule has 0 unspecified atom stereocenters. The Morgan fingerprint density at radius 2 is 1.96 bits per heavy atom. The SMILES string of the molecule is Cc1cccc(NC(=O)C2CN(c3nc4ccccc4s3)C2)c1C. The van der Waals surface area contributed by atoms with Gasteiger partial charge in [0.05, 0.1) is 16.1 Å². The van der Waals surface area contributed by atoms with Crippen LogP contribution >= 0.6 is 11.3 Å². The van der Waals surface area contributed by atoms with Gasteiger partial charge >= 0.3 is 0 Å². The zero-order chi connectivity index (χ0) is 16.7. The van der Waals surface area contributed by atoms with Crippen molar-refractivity contribution in [1.29, 1.82) is 0 Å². The number of carbonyl (C=O) groups is 1. The summed E-state index contributed by atoms with van der Waals surface area (Å²) in [6, 6.07) is 14.1. The van der Waals surface area contributed by atoms with Gasteiger partial charge in [-0.25, -0.2) is 4.98 Å². The first-order chi connectivity index (χ1) is 11.6. The van der Waals surface area contributed by atoms with E-state index in [1.807, 2.05) is 37.3 Å². The largest absolute Gasteiger partial charge is 0.346 e. The van der Waals surface area contributed by atoms with Crippen LogP contribution in [0, 0.1) is 19.8 Å². The number of anilines is 2. The van der Waals surface area contributed by atoms with Gasteiger partial charge in [0, 0.05) is 18.8 Å². The number of nitrogens with one attached hydrogen (secondary N) is 1. The van der Waals surface area contributed by atoms with Gasteiger partial charge < -0.3 is 10.2 Å². The monoisotopic (exact) mass is 337 g/mol. The van der Waals surface area contributed by atoms with Crippen LogP contribution in [0.2, 0.25) is 0 Å². The first-order valence-electron chi connectivity index (χ1n) is 8.09. The molecule has 5 heteroatoms. The minimum atomic E-state index is 0.0249. The van der Waals surface area contributed by atoms with Gasteiger partial charge in [-0.2, -0.15) is 0 Å². The van der Waals surface area contributed by atoms with Crippen molar-refractivity contribution in [2.24, 2.45) is 5.92 Å². The molecule has 24 heavy (non-hydrogen) atoms. The fourth-order valence-corrected chi connectivity index (χ4v) is 3.90. The van der Waals surface area contributed by atoms with E-state index in [0.29, 0.717) is 0 Å². The van der Waals surface area contributed by atoms with Gasteiger partial charge in [0.25, 0.3) is 0 Å². The number of nitrogens with zero attached hydrogens (tertiary/aromatic N) is 2. The molecule has 4 rings (SSSR count). The third kappa shape index (κ3) is 2.65. The normalized spacial score (nSPS) is 14.7. The van der Waals surface area contributed by atoms with Crippen LogP contribution in [0.25, 0.3) is 10.2 Å². The first-order valence-corrected chi connectivity index (χ1v) is 8.91. The Hall–Kier alpha value is -2.40. The van der Waals surface area contributed by atoms with Gasteiger partial charge in [-0.1, -0.05) is 35.6 Å². The minimum absolute atomic E-state index is 0.0249. The molecule has 1 amide bonds. The molecule has 1 aliphatic heterocycles. The Labute approximate surface area is 145 Å². The smallest absolute Gasteiger partial charge is 0.231 e. The molecule has 0 aliphatic carbocycles. The second-order valence-electron chi connectivity index (χ2n) is 6.30. The molecule has 1 fully saturated rings. The Kier molecular flexibility index (Phi) is 3.73. The average Bonchev–Trinajstić information content (AvgIpc) is 2.93. The number of hydrogen-bond acceptors (Lipinski definition) is 4. The van der Waals surface area contributed by atoms with Crippen molar-refractivity contribution in [3.8, 4) is 0 Å². The fourth-order valence-electron chi connectivity index (χ4n) is 2.92. The lowest BCUT2D eigenvalue weighted by Gasteiger charge is -2.38. The van der Waals surface area contributed by atoms with E-state index < -0.39 is 0 Å². The van der Waals surface area contributed by atoms with Crippen molar-refractivity contribution < 1.29 is 4.79 Å². The Bertz CT molecular complexity index is 879. The highest BCUT2D eigenvalue weighted by molar-refractivity contribution is 7.22. The van der Waals surface area contributed by atoms with Crippen LogP contribution in [0.1, 0.15) is 11.1 Å². The second-order valence-corrected chi connectivity index (χ2v) is 7.31. The molecule has 0 radical (unpaired) electrons. The standard InChI is InChI=1S/C19H19N3OS/c1-12-6-5-8-15(13(12)2)20-18(23)14-10-22(11-14)19-21-16-7-3-4-9-17(16)24-19/h3-9,14H,10-11H2,1-2H3,(H,20,23). The summed E-state index contributed by atoms with van der Waals surface area (Å²) in [4.78, 5) is 19.3. The second kappa shape index (κ2) is 5.91. The molecule has 1 aliphatic rings. The number of carbonyl (C=O) groups excluding carboxylic acids is 1. The van der Waals surface area contributed by atoms with E-state index in [1.165, 1.54) is 10.3 Å². The van der Waals surface area contributed by atoms with Gasteiger partial charge in [0.15, 0.2) is 5.13 Å². The van der Waals surface area contributed by atoms with Crippen molar-refractivity contribution >= 4 is 38.3 Å². The summed E-state index contributed by atoms with van der Waals surface area (Å²) in [5.41, 5.74) is 4.27. The van der Waals surface area contributed by atoms with Gasteiger partial charge in [-0.05, 0) is 43.2 Å². The van der Waals surface area contributed by atoms with E-state index in [1.54, 1.807) is 11.3 Å². The number of amides is 1. The molecular formula is C19H19N3OS. The van der Waals surface area contributed by atoms with Crippen molar-refractivity contribution in [3.63, 3.8) is 0 Å². The summed E-state index contributed by atoms with van der Waals surface area (Å²) >= 11 is 1.69. The van der Waals surface area contributed by atoms with Crippen LogP contribution < -0.4 is 10.2 Å². The Morgan fingerprint density at radius 3 is 2.75 bits per heavy atom. The Morgan fingerprint density at radius 1 is 1.17 bits per heavy atom. The maximum Gasteiger partial charge on any atom is 0.231 e. The lowest BCUT2D eigenvalue weighted by atomic mass is 9.99. The van der Waals surface area contributed by atoms with Crippen LogP contribution in [0.3, 0.4) is 0 Å². The molecule has 2 heterocycles. The van der Waals surface area contributed by atoms with E-state index in [-0.39, 0.29) is 11.8 Å². The molecule has 4 nitrogen and oxygen atoms in total. The number of thiazole rings is 1. The van der Waals surface area contributed by atoms with E-state index in [9.17, 15) is 4.79 Å². The Balaban J connectivity index is 1.41. The van der Waals surface area contributed by atoms with Crippen molar-refractivity contribution in [2.45, 2.75) is 13.8 Å². The number of aryl methyl sites for hydroxylation is 1. The summed E-state index contributed by atoms with van der Waals surface area (Å²) < 4.78 is 1.19. The van der Waals surface area contributed by atoms with Crippen molar-refractivity contribution in [3.05, 3.63) is 53.6 Å². The number of hydrogen-bond donors (Lipinski definition) is 1. The molecule has 2 aromatic carbocycles. The van der Waals surface area contributed by atoms with Gasteiger partial charge in [0.1, 0.15) is 0 Å². The highest BCUT2D eigenvalue weighted by Gasteiger charge is 2.34. The van der Waals surface area contributed by atoms with E-state index in [4.69, 9.17) is 0 Å². The van der Waals surface area contributed by atoms with Crippen LogP contribution in [0.15, 0.2) is 42.5 Å².